The van der Waals surface area contributed by atoms with Gasteiger partial charge >= 0.3 is 5.69 Å². The predicted octanol–water partition coefficient (Wildman–Crippen LogP) is 2.00. The van der Waals surface area contributed by atoms with E-state index in [0.717, 1.165) is 15.9 Å². The van der Waals surface area contributed by atoms with Crippen LogP contribution in [0.5, 0.6) is 5.75 Å². The first kappa shape index (κ1) is 24.2. The Labute approximate surface area is 214 Å². The number of pyridine rings is 1. The summed E-state index contributed by atoms with van der Waals surface area (Å²) in [7, 11) is 1.58. The van der Waals surface area contributed by atoms with Gasteiger partial charge in [0.2, 0.25) is 5.91 Å². The molecule has 188 valence electrons. The Balaban J connectivity index is 1.38. The van der Waals surface area contributed by atoms with Gasteiger partial charge in [-0.3, -0.25) is 27.9 Å². The van der Waals surface area contributed by atoms with Gasteiger partial charge in [0.25, 0.3) is 11.1 Å². The van der Waals surface area contributed by atoms with E-state index in [1.165, 1.54) is 26.4 Å². The predicted molar refractivity (Wildman–Crippen MR) is 140 cm³/mol. The molecule has 0 bridgehead atoms. The number of rotatable bonds is 8. The first-order valence-corrected chi connectivity index (χ1v) is 12.4. The van der Waals surface area contributed by atoms with Crippen LogP contribution in [0.2, 0.25) is 0 Å². The van der Waals surface area contributed by atoms with Crippen molar-refractivity contribution in [2.24, 2.45) is 0 Å². The molecule has 4 heterocycles. The van der Waals surface area contributed by atoms with Gasteiger partial charge in [-0.15, -0.1) is 11.3 Å². The SMILES string of the molecule is COc1ccc(CNC(=O)CCn2c(=O)c3sccc3n(Cc3cc(=O)n4ccccc4n3)c2=O)cc1. The Kier molecular flexibility index (Phi) is 6.69. The average molecular weight is 518 g/mol. The molecule has 0 atom stereocenters. The number of thiophene rings is 1. The number of hydrogen-bond donors (Lipinski definition) is 1. The summed E-state index contributed by atoms with van der Waals surface area (Å²) in [6.45, 7) is 0.250. The van der Waals surface area contributed by atoms with Crippen LogP contribution in [-0.4, -0.2) is 31.5 Å². The normalized spacial score (nSPS) is 11.2. The molecule has 0 unspecified atom stereocenters. The van der Waals surface area contributed by atoms with Crippen molar-refractivity contribution in [3.8, 4) is 5.75 Å². The number of carbonyl (C=O) groups excluding carboxylic acids is 1. The summed E-state index contributed by atoms with van der Waals surface area (Å²) in [5.74, 6) is 0.433. The van der Waals surface area contributed by atoms with E-state index in [-0.39, 0.29) is 31.0 Å². The molecule has 10 nitrogen and oxygen atoms in total. The fourth-order valence-corrected chi connectivity index (χ4v) is 4.92. The molecule has 11 heteroatoms. The number of nitrogens with zero attached hydrogens (tertiary/aromatic N) is 4. The summed E-state index contributed by atoms with van der Waals surface area (Å²) < 4.78 is 9.43. The summed E-state index contributed by atoms with van der Waals surface area (Å²) in [5, 5.41) is 4.54. The van der Waals surface area contributed by atoms with Crippen LogP contribution in [0.15, 0.2) is 80.6 Å². The van der Waals surface area contributed by atoms with Gasteiger partial charge in [0.05, 0.1) is 24.9 Å². The summed E-state index contributed by atoms with van der Waals surface area (Å²) in [5.41, 5.74) is 0.948. The standard InChI is InChI=1S/C26H23N5O5S/c1-36-19-7-5-17(6-8-19)15-27-22(32)9-12-30-25(34)24-20(10-13-37-24)31(26(30)35)16-18-14-23(33)29-11-3-2-4-21(29)28-18/h2-8,10-11,13-14H,9,12,15-16H2,1H3,(H,27,32). The maximum Gasteiger partial charge on any atom is 0.331 e. The van der Waals surface area contributed by atoms with Crippen molar-refractivity contribution in [3.63, 3.8) is 0 Å². The molecule has 0 fully saturated rings. The highest BCUT2D eigenvalue weighted by atomic mass is 32.1. The zero-order valence-electron chi connectivity index (χ0n) is 19.9. The quantitative estimate of drug-likeness (QED) is 0.337. The highest BCUT2D eigenvalue weighted by Gasteiger charge is 2.16. The van der Waals surface area contributed by atoms with E-state index >= 15 is 0 Å². The lowest BCUT2D eigenvalue weighted by atomic mass is 10.2. The number of ether oxygens (including phenoxy) is 1. The number of methoxy groups -OCH3 is 1. The molecule has 0 aliphatic rings. The minimum Gasteiger partial charge on any atom is -0.497 e. The van der Waals surface area contributed by atoms with Crippen LogP contribution in [0, 0.1) is 0 Å². The smallest absolute Gasteiger partial charge is 0.331 e. The summed E-state index contributed by atoms with van der Waals surface area (Å²) in [4.78, 5) is 55.9. The lowest BCUT2D eigenvalue weighted by molar-refractivity contribution is -0.121. The largest absolute Gasteiger partial charge is 0.497 e. The monoisotopic (exact) mass is 517 g/mol. The van der Waals surface area contributed by atoms with Gasteiger partial charge in [-0.2, -0.15) is 0 Å². The Bertz CT molecular complexity index is 1780. The van der Waals surface area contributed by atoms with Gasteiger partial charge in [0.15, 0.2) is 0 Å². The van der Waals surface area contributed by atoms with Crippen LogP contribution in [0.1, 0.15) is 17.7 Å². The van der Waals surface area contributed by atoms with Gasteiger partial charge in [-0.05, 0) is 41.3 Å². The van der Waals surface area contributed by atoms with Crippen molar-refractivity contribution in [2.45, 2.75) is 26.1 Å². The second kappa shape index (κ2) is 10.2. The van der Waals surface area contributed by atoms with Crippen molar-refractivity contribution < 1.29 is 9.53 Å². The first-order valence-electron chi connectivity index (χ1n) is 11.5. The molecule has 5 aromatic rings. The van der Waals surface area contributed by atoms with Crippen LogP contribution in [0.3, 0.4) is 0 Å². The number of nitrogens with one attached hydrogen (secondary N) is 1. The lowest BCUT2D eigenvalue weighted by Gasteiger charge is -2.12. The van der Waals surface area contributed by atoms with Crippen LogP contribution < -0.4 is 26.9 Å². The Hall–Kier alpha value is -4.51. The van der Waals surface area contributed by atoms with Crippen LogP contribution in [-0.2, 0) is 24.4 Å². The molecular formula is C26H23N5O5S. The molecule has 37 heavy (non-hydrogen) atoms. The van der Waals surface area contributed by atoms with E-state index in [4.69, 9.17) is 4.74 Å². The van der Waals surface area contributed by atoms with Gasteiger partial charge in [-0.25, -0.2) is 9.78 Å². The molecule has 5 rings (SSSR count). The zero-order valence-corrected chi connectivity index (χ0v) is 20.7. The number of benzene rings is 1. The second-order valence-electron chi connectivity index (χ2n) is 8.35. The highest BCUT2D eigenvalue weighted by molar-refractivity contribution is 7.17. The molecule has 1 N–H and O–H groups in total. The third kappa shape index (κ3) is 4.94. The number of aromatic nitrogens is 4. The van der Waals surface area contributed by atoms with Crippen molar-refractivity contribution >= 4 is 33.1 Å². The molecular weight excluding hydrogens is 494 g/mol. The summed E-state index contributed by atoms with van der Waals surface area (Å²) in [6, 6.07) is 15.6. The van der Waals surface area contributed by atoms with Gasteiger partial charge in [0.1, 0.15) is 16.1 Å². The zero-order chi connectivity index (χ0) is 25.9. The topological polar surface area (TPSA) is 117 Å². The minimum atomic E-state index is -0.561. The summed E-state index contributed by atoms with van der Waals surface area (Å²) in [6.07, 6.45) is 1.58. The molecule has 0 aliphatic carbocycles. The first-order chi connectivity index (χ1) is 17.9. The van der Waals surface area contributed by atoms with E-state index in [9.17, 15) is 19.2 Å². The number of hydrogen-bond acceptors (Lipinski definition) is 7. The number of fused-ring (bicyclic) bond motifs is 2. The van der Waals surface area contributed by atoms with Gasteiger partial charge in [-0.1, -0.05) is 18.2 Å². The lowest BCUT2D eigenvalue weighted by Crippen LogP contribution is -2.41. The molecule has 1 aromatic carbocycles. The van der Waals surface area contributed by atoms with Gasteiger partial charge in [0, 0.05) is 31.8 Å². The molecule has 4 aromatic heterocycles. The highest BCUT2D eigenvalue weighted by Crippen LogP contribution is 2.16. The van der Waals surface area contributed by atoms with E-state index in [0.29, 0.717) is 28.1 Å². The molecule has 0 aliphatic heterocycles. The van der Waals surface area contributed by atoms with Crippen LogP contribution >= 0.6 is 11.3 Å². The molecule has 0 saturated heterocycles. The fraction of sp³-hybridized carbons (Fsp3) is 0.192. The molecule has 0 spiro atoms. The third-order valence-corrected chi connectivity index (χ3v) is 6.88. The maximum absolute atomic E-state index is 13.4. The van der Waals surface area contributed by atoms with E-state index in [1.807, 2.05) is 12.1 Å². The van der Waals surface area contributed by atoms with Crippen molar-refractivity contribution in [3.05, 3.63) is 109 Å². The van der Waals surface area contributed by atoms with Crippen LogP contribution in [0.4, 0.5) is 0 Å². The van der Waals surface area contributed by atoms with Crippen molar-refractivity contribution in [2.75, 3.05) is 7.11 Å². The van der Waals surface area contributed by atoms with Crippen molar-refractivity contribution in [1.82, 2.24) is 23.8 Å². The molecule has 1 amide bonds. The van der Waals surface area contributed by atoms with E-state index in [1.54, 1.807) is 55.1 Å². The third-order valence-electron chi connectivity index (χ3n) is 5.99. The Morgan fingerprint density at radius 2 is 1.86 bits per heavy atom. The molecule has 0 radical (unpaired) electrons. The van der Waals surface area contributed by atoms with Crippen molar-refractivity contribution in [1.29, 1.82) is 0 Å². The fourth-order valence-electron chi connectivity index (χ4n) is 4.08. The van der Waals surface area contributed by atoms with E-state index in [2.05, 4.69) is 10.3 Å². The Morgan fingerprint density at radius 3 is 2.65 bits per heavy atom. The van der Waals surface area contributed by atoms with Gasteiger partial charge < -0.3 is 10.1 Å². The number of amides is 1. The van der Waals surface area contributed by atoms with E-state index < -0.39 is 11.2 Å². The maximum atomic E-state index is 13.4. The average Bonchev–Trinajstić information content (AvgIpc) is 3.40. The number of carbonyl (C=O) groups is 1. The minimum absolute atomic E-state index is 0.0106. The Morgan fingerprint density at radius 1 is 1.05 bits per heavy atom. The molecule has 0 saturated carbocycles. The van der Waals surface area contributed by atoms with Crippen LogP contribution in [0.25, 0.3) is 15.9 Å². The summed E-state index contributed by atoms with van der Waals surface area (Å²) >= 11 is 1.22. The second-order valence-corrected chi connectivity index (χ2v) is 9.27.